The number of β-amino-alcohol motifs (C(OH)–C–C–N with tert-alkyl or cyclic N) is 1. The van der Waals surface area contributed by atoms with Crippen molar-refractivity contribution in [1.29, 1.82) is 0 Å². The first kappa shape index (κ1) is 25.5. The zero-order valence-electron chi connectivity index (χ0n) is 21.3. The fourth-order valence-electron chi connectivity index (χ4n) is 5.91. The van der Waals surface area contributed by atoms with Crippen LogP contribution in [0.5, 0.6) is 5.75 Å². The topological polar surface area (TPSA) is 76.6 Å². The van der Waals surface area contributed by atoms with Crippen molar-refractivity contribution in [2.24, 2.45) is 0 Å². The summed E-state index contributed by atoms with van der Waals surface area (Å²) in [5.74, 6) is 0.435. The van der Waals surface area contributed by atoms with E-state index in [-0.39, 0.29) is 29.7 Å². The third-order valence-electron chi connectivity index (χ3n) is 7.92. The largest absolute Gasteiger partial charge is 0.497 e. The number of nitrogens with zero attached hydrogens (tertiary/aromatic N) is 4. The van der Waals surface area contributed by atoms with Gasteiger partial charge in [-0.15, -0.1) is 0 Å². The molecule has 37 heavy (non-hydrogen) atoms. The first-order valence-electron chi connectivity index (χ1n) is 13.1. The summed E-state index contributed by atoms with van der Waals surface area (Å²) in [7, 11) is 1.58. The molecule has 3 aliphatic rings. The molecular formula is C28H35FN4O4. The Hall–Kier alpha value is -3.17. The number of hydrogen-bond donors (Lipinski definition) is 1. The van der Waals surface area contributed by atoms with Crippen LogP contribution in [-0.2, 0) is 4.79 Å². The second-order valence-corrected chi connectivity index (χ2v) is 10.1. The Morgan fingerprint density at radius 2 is 1.68 bits per heavy atom. The Morgan fingerprint density at radius 1 is 0.946 bits per heavy atom. The predicted octanol–water partition coefficient (Wildman–Crippen LogP) is 2.22. The molecule has 2 aromatic carbocycles. The molecular weight excluding hydrogens is 475 g/mol. The lowest BCUT2D eigenvalue weighted by Crippen LogP contribution is -2.56. The van der Waals surface area contributed by atoms with Gasteiger partial charge in [0.05, 0.1) is 24.9 Å². The van der Waals surface area contributed by atoms with Gasteiger partial charge < -0.3 is 24.5 Å². The number of aliphatic hydroxyl groups excluding tert-OH is 1. The van der Waals surface area contributed by atoms with Gasteiger partial charge in [0.15, 0.2) is 0 Å². The lowest BCUT2D eigenvalue weighted by molar-refractivity contribution is -0.137. The number of piperazine rings is 1. The number of likely N-dealkylation sites (tertiary alicyclic amines) is 2. The Morgan fingerprint density at radius 3 is 2.38 bits per heavy atom. The number of aliphatic hydroxyl groups is 1. The summed E-state index contributed by atoms with van der Waals surface area (Å²) in [4.78, 5) is 34.4. The van der Waals surface area contributed by atoms with E-state index < -0.39 is 6.10 Å². The van der Waals surface area contributed by atoms with Crippen LogP contribution in [0.2, 0.25) is 0 Å². The van der Waals surface area contributed by atoms with E-state index in [1.165, 1.54) is 6.07 Å². The molecule has 2 atom stereocenters. The number of rotatable bonds is 5. The Balaban J connectivity index is 1.18. The van der Waals surface area contributed by atoms with Crippen molar-refractivity contribution in [3.8, 4) is 5.75 Å². The zero-order chi connectivity index (χ0) is 25.9. The highest BCUT2D eigenvalue weighted by molar-refractivity contribution is 5.94. The van der Waals surface area contributed by atoms with E-state index in [9.17, 15) is 19.1 Å². The highest BCUT2D eigenvalue weighted by Crippen LogP contribution is 2.29. The van der Waals surface area contributed by atoms with Gasteiger partial charge in [-0.1, -0.05) is 18.2 Å². The third-order valence-corrected chi connectivity index (χ3v) is 7.92. The fraction of sp³-hybridized carbons (Fsp3) is 0.500. The molecule has 8 nitrogen and oxygen atoms in total. The number of methoxy groups -OCH3 is 1. The molecule has 1 N–H and O–H groups in total. The lowest BCUT2D eigenvalue weighted by atomic mass is 10.0. The molecule has 3 saturated heterocycles. The first-order chi connectivity index (χ1) is 17.9. The minimum atomic E-state index is -0.537. The number of para-hydroxylation sites is 1. The number of anilines is 1. The summed E-state index contributed by atoms with van der Waals surface area (Å²) in [6.07, 6.45) is 1.40. The number of benzene rings is 2. The maximum atomic E-state index is 14.2. The standard InChI is InChI=1S/C28H35FN4O4/c1-37-23-6-4-5-20(17-23)27(35)31-11-9-21(10-12-31)33-19-22(34)18-26(33)28(36)32-15-13-30(14-16-32)25-8-3-2-7-24(25)29/h2-8,17,21-22,26,34H,9-16,18-19H2,1H3/t22-,26+/m1/s1. The maximum absolute atomic E-state index is 14.2. The van der Waals surface area contributed by atoms with E-state index in [0.717, 1.165) is 12.8 Å². The van der Waals surface area contributed by atoms with Crippen molar-refractivity contribution < 1.29 is 23.8 Å². The summed E-state index contributed by atoms with van der Waals surface area (Å²) in [5.41, 5.74) is 1.18. The van der Waals surface area contributed by atoms with Crippen LogP contribution in [0.3, 0.4) is 0 Å². The van der Waals surface area contributed by atoms with E-state index >= 15 is 0 Å². The smallest absolute Gasteiger partial charge is 0.253 e. The summed E-state index contributed by atoms with van der Waals surface area (Å²) >= 11 is 0. The molecule has 9 heteroatoms. The van der Waals surface area contributed by atoms with Gasteiger partial charge in [-0.05, 0) is 49.6 Å². The van der Waals surface area contributed by atoms with Crippen molar-refractivity contribution in [3.05, 3.63) is 59.9 Å². The van der Waals surface area contributed by atoms with Crippen LogP contribution < -0.4 is 9.64 Å². The molecule has 3 aliphatic heterocycles. The zero-order valence-corrected chi connectivity index (χ0v) is 21.3. The molecule has 0 aliphatic carbocycles. The lowest BCUT2D eigenvalue weighted by Gasteiger charge is -2.41. The van der Waals surface area contributed by atoms with Crippen molar-refractivity contribution in [2.75, 3.05) is 57.8 Å². The van der Waals surface area contributed by atoms with Crippen molar-refractivity contribution >= 4 is 17.5 Å². The van der Waals surface area contributed by atoms with Crippen molar-refractivity contribution in [2.45, 2.75) is 37.5 Å². The van der Waals surface area contributed by atoms with Crippen LogP contribution in [0, 0.1) is 5.82 Å². The number of carbonyl (C=O) groups is 2. The summed E-state index contributed by atoms with van der Waals surface area (Å²) in [6.45, 7) is 3.90. The SMILES string of the molecule is COc1cccc(C(=O)N2CCC(N3C[C@H](O)C[C@H]3C(=O)N3CCN(c4ccccc4F)CC3)CC2)c1. The van der Waals surface area contributed by atoms with E-state index in [0.29, 0.717) is 69.2 Å². The monoisotopic (exact) mass is 510 g/mol. The molecule has 2 aromatic rings. The van der Waals surface area contributed by atoms with Gasteiger partial charge in [-0.3, -0.25) is 14.5 Å². The van der Waals surface area contributed by atoms with Gasteiger partial charge in [0, 0.05) is 57.4 Å². The molecule has 5 rings (SSSR count). The maximum Gasteiger partial charge on any atom is 0.253 e. The van der Waals surface area contributed by atoms with Crippen molar-refractivity contribution in [3.63, 3.8) is 0 Å². The van der Waals surface area contributed by atoms with Gasteiger partial charge in [0.25, 0.3) is 5.91 Å². The minimum absolute atomic E-state index is 0.0147. The van der Waals surface area contributed by atoms with Crippen LogP contribution >= 0.6 is 0 Å². The van der Waals surface area contributed by atoms with Gasteiger partial charge in [0.1, 0.15) is 11.6 Å². The van der Waals surface area contributed by atoms with Gasteiger partial charge >= 0.3 is 0 Å². The third kappa shape index (κ3) is 5.43. The number of amides is 2. The molecule has 2 amide bonds. The number of halogens is 1. The molecule has 0 radical (unpaired) electrons. The molecule has 0 saturated carbocycles. The van der Waals surface area contributed by atoms with Crippen LogP contribution in [0.25, 0.3) is 0 Å². The summed E-state index contributed by atoms with van der Waals surface area (Å²) in [6, 6.07) is 13.7. The fourth-order valence-corrected chi connectivity index (χ4v) is 5.91. The molecule has 3 fully saturated rings. The van der Waals surface area contributed by atoms with Gasteiger partial charge in [0.2, 0.25) is 5.91 Å². The quantitative estimate of drug-likeness (QED) is 0.665. The first-order valence-corrected chi connectivity index (χ1v) is 13.1. The van der Waals surface area contributed by atoms with Gasteiger partial charge in [-0.2, -0.15) is 0 Å². The average Bonchev–Trinajstić information content (AvgIpc) is 3.34. The van der Waals surface area contributed by atoms with Crippen LogP contribution in [0.4, 0.5) is 10.1 Å². The second-order valence-electron chi connectivity index (χ2n) is 10.1. The number of piperidine rings is 1. The Kier molecular flexibility index (Phi) is 7.62. The average molecular weight is 511 g/mol. The summed E-state index contributed by atoms with van der Waals surface area (Å²) in [5, 5.41) is 10.5. The molecule has 0 spiro atoms. The van der Waals surface area contributed by atoms with Crippen LogP contribution in [-0.4, -0.2) is 103 Å². The highest BCUT2D eigenvalue weighted by Gasteiger charge is 2.43. The van der Waals surface area contributed by atoms with Crippen LogP contribution in [0.15, 0.2) is 48.5 Å². The second kappa shape index (κ2) is 11.1. The van der Waals surface area contributed by atoms with E-state index in [4.69, 9.17) is 4.74 Å². The number of ether oxygens (including phenoxy) is 1. The Bertz CT molecular complexity index is 1110. The summed E-state index contributed by atoms with van der Waals surface area (Å²) < 4.78 is 19.4. The minimum Gasteiger partial charge on any atom is -0.497 e. The number of carbonyl (C=O) groups excluding carboxylic acids is 2. The molecule has 3 heterocycles. The van der Waals surface area contributed by atoms with Gasteiger partial charge in [-0.25, -0.2) is 4.39 Å². The van der Waals surface area contributed by atoms with E-state index in [1.54, 1.807) is 31.4 Å². The van der Waals surface area contributed by atoms with E-state index in [1.807, 2.05) is 32.9 Å². The number of hydrogen-bond acceptors (Lipinski definition) is 6. The van der Waals surface area contributed by atoms with Crippen molar-refractivity contribution in [1.82, 2.24) is 14.7 Å². The molecule has 0 aromatic heterocycles. The molecule has 0 unspecified atom stereocenters. The molecule has 0 bridgehead atoms. The normalized spacial score (nSPS) is 23.4. The molecule has 198 valence electrons. The predicted molar refractivity (Wildman–Crippen MR) is 138 cm³/mol. The highest BCUT2D eigenvalue weighted by atomic mass is 19.1. The van der Waals surface area contributed by atoms with Crippen LogP contribution in [0.1, 0.15) is 29.6 Å². The van der Waals surface area contributed by atoms with E-state index in [2.05, 4.69) is 4.90 Å². The Labute approximate surface area is 217 Å².